The highest BCUT2D eigenvalue weighted by Crippen LogP contribution is 2.39. The zero-order chi connectivity index (χ0) is 11.6. The first kappa shape index (κ1) is 10.9. The molecule has 3 N–H and O–H groups in total. The summed E-state index contributed by atoms with van der Waals surface area (Å²) in [7, 11) is 0. The second-order valence-electron chi connectivity index (χ2n) is 3.80. The standard InChI is InChI=1S/C11H15N3O2/c1-2-11(5-6-12)8-4-3-7-13-9(8)14-10(15)16-11/h3-4,7H,2,5-6,12H2,1H3,(H,13,14,15). The first-order chi connectivity index (χ1) is 7.72. The van der Waals surface area contributed by atoms with Crippen LogP contribution in [0, 0.1) is 0 Å². The van der Waals surface area contributed by atoms with Crippen molar-refractivity contribution in [1.82, 2.24) is 4.98 Å². The smallest absolute Gasteiger partial charge is 0.413 e. The van der Waals surface area contributed by atoms with Crippen molar-refractivity contribution in [2.75, 3.05) is 11.9 Å². The fraction of sp³-hybridized carbons (Fsp3) is 0.455. The van der Waals surface area contributed by atoms with Crippen molar-refractivity contribution >= 4 is 11.9 Å². The lowest BCUT2D eigenvalue weighted by Crippen LogP contribution is -2.41. The van der Waals surface area contributed by atoms with Gasteiger partial charge in [0.05, 0.1) is 0 Å². The van der Waals surface area contributed by atoms with E-state index in [2.05, 4.69) is 10.3 Å². The number of fused-ring (bicyclic) bond motifs is 1. The first-order valence-corrected chi connectivity index (χ1v) is 5.37. The molecule has 0 saturated carbocycles. The molecule has 2 rings (SSSR count). The molecule has 1 aromatic heterocycles. The van der Waals surface area contributed by atoms with E-state index < -0.39 is 11.7 Å². The van der Waals surface area contributed by atoms with E-state index in [1.165, 1.54) is 0 Å². The molecule has 5 nitrogen and oxygen atoms in total. The van der Waals surface area contributed by atoms with Crippen LogP contribution in [-0.2, 0) is 10.3 Å². The normalized spacial score (nSPS) is 23.2. The minimum absolute atomic E-state index is 0.457. The summed E-state index contributed by atoms with van der Waals surface area (Å²) in [6.45, 7) is 2.44. The molecule has 1 atom stereocenters. The summed E-state index contributed by atoms with van der Waals surface area (Å²) >= 11 is 0. The maximum atomic E-state index is 11.5. The van der Waals surface area contributed by atoms with Crippen LogP contribution in [-0.4, -0.2) is 17.6 Å². The maximum absolute atomic E-state index is 11.5. The second kappa shape index (κ2) is 4.09. The molecule has 0 aliphatic carbocycles. The molecule has 0 bridgehead atoms. The Bertz CT molecular complexity index is 408. The van der Waals surface area contributed by atoms with E-state index in [0.29, 0.717) is 25.2 Å². The van der Waals surface area contributed by atoms with Crippen LogP contribution in [0.5, 0.6) is 0 Å². The Hall–Kier alpha value is -1.62. The molecule has 0 spiro atoms. The SMILES string of the molecule is CCC1(CCN)OC(=O)Nc2ncccc21. The molecule has 1 aliphatic heterocycles. The van der Waals surface area contributed by atoms with E-state index in [1.54, 1.807) is 6.20 Å². The number of cyclic esters (lactones) is 1. The quantitative estimate of drug-likeness (QED) is 0.812. The summed E-state index contributed by atoms with van der Waals surface area (Å²) in [5.74, 6) is 0.578. The fourth-order valence-corrected chi connectivity index (χ4v) is 2.09. The number of nitrogens with zero attached hydrogens (tertiary/aromatic N) is 1. The van der Waals surface area contributed by atoms with Crippen molar-refractivity contribution in [3.05, 3.63) is 23.9 Å². The molecule has 16 heavy (non-hydrogen) atoms. The number of nitrogens with two attached hydrogens (primary N) is 1. The average molecular weight is 221 g/mol. The third-order valence-electron chi connectivity index (χ3n) is 2.93. The van der Waals surface area contributed by atoms with Crippen LogP contribution in [0.2, 0.25) is 0 Å². The second-order valence-corrected chi connectivity index (χ2v) is 3.80. The monoisotopic (exact) mass is 221 g/mol. The van der Waals surface area contributed by atoms with Crippen LogP contribution >= 0.6 is 0 Å². The summed E-state index contributed by atoms with van der Waals surface area (Å²) in [5.41, 5.74) is 5.87. The summed E-state index contributed by atoms with van der Waals surface area (Å²) < 4.78 is 5.42. The van der Waals surface area contributed by atoms with E-state index in [4.69, 9.17) is 10.5 Å². The number of anilines is 1. The topological polar surface area (TPSA) is 77.2 Å². The zero-order valence-corrected chi connectivity index (χ0v) is 9.19. The van der Waals surface area contributed by atoms with Gasteiger partial charge in [0.2, 0.25) is 0 Å². The lowest BCUT2D eigenvalue weighted by Gasteiger charge is -2.37. The Labute approximate surface area is 94.0 Å². The van der Waals surface area contributed by atoms with Crippen molar-refractivity contribution in [3.8, 4) is 0 Å². The van der Waals surface area contributed by atoms with Gasteiger partial charge in [0, 0.05) is 18.2 Å². The molecule has 1 aromatic rings. The molecule has 0 saturated heterocycles. The molecule has 0 aromatic carbocycles. The van der Waals surface area contributed by atoms with Crippen molar-refractivity contribution in [1.29, 1.82) is 0 Å². The lowest BCUT2D eigenvalue weighted by molar-refractivity contribution is 0.00244. The minimum Gasteiger partial charge on any atom is -0.438 e. The highest BCUT2D eigenvalue weighted by atomic mass is 16.6. The van der Waals surface area contributed by atoms with Crippen LogP contribution in [0.3, 0.4) is 0 Å². The predicted octanol–water partition coefficient (Wildman–Crippen LogP) is 1.60. The minimum atomic E-state index is -0.624. The average Bonchev–Trinajstić information content (AvgIpc) is 2.29. The van der Waals surface area contributed by atoms with Crippen molar-refractivity contribution in [2.45, 2.75) is 25.4 Å². The van der Waals surface area contributed by atoms with Crippen LogP contribution in [0.4, 0.5) is 10.6 Å². The number of carbonyl (C=O) groups excluding carboxylic acids is 1. The highest BCUT2D eigenvalue weighted by molar-refractivity contribution is 5.87. The van der Waals surface area contributed by atoms with Crippen LogP contribution in [0.25, 0.3) is 0 Å². The number of ether oxygens (including phenoxy) is 1. The van der Waals surface area contributed by atoms with Gasteiger partial charge in [-0.25, -0.2) is 9.78 Å². The third kappa shape index (κ3) is 1.63. The van der Waals surface area contributed by atoms with Crippen molar-refractivity contribution in [3.63, 3.8) is 0 Å². The highest BCUT2D eigenvalue weighted by Gasteiger charge is 2.40. The lowest BCUT2D eigenvalue weighted by atomic mass is 9.87. The predicted molar refractivity (Wildman–Crippen MR) is 60.0 cm³/mol. The van der Waals surface area contributed by atoms with Gasteiger partial charge in [-0.2, -0.15) is 0 Å². The summed E-state index contributed by atoms with van der Waals surface area (Å²) in [6.07, 6.45) is 2.49. The zero-order valence-electron chi connectivity index (χ0n) is 9.19. The van der Waals surface area contributed by atoms with Gasteiger partial charge in [-0.05, 0) is 25.1 Å². The fourth-order valence-electron chi connectivity index (χ4n) is 2.09. The molecule has 86 valence electrons. The summed E-state index contributed by atoms with van der Waals surface area (Å²) in [6, 6.07) is 3.75. The molecular weight excluding hydrogens is 206 g/mol. The number of carbonyl (C=O) groups is 1. The number of aromatic nitrogens is 1. The van der Waals surface area contributed by atoms with E-state index in [-0.39, 0.29) is 0 Å². The van der Waals surface area contributed by atoms with Gasteiger partial charge in [-0.3, -0.25) is 5.32 Å². The molecule has 0 fully saturated rings. The van der Waals surface area contributed by atoms with Gasteiger partial charge in [0.15, 0.2) is 0 Å². The summed E-state index contributed by atoms with van der Waals surface area (Å²) in [5, 5.41) is 2.59. The Morgan fingerprint density at radius 1 is 1.62 bits per heavy atom. The van der Waals surface area contributed by atoms with E-state index in [1.807, 2.05) is 19.1 Å². The third-order valence-corrected chi connectivity index (χ3v) is 2.93. The largest absolute Gasteiger partial charge is 0.438 e. The Morgan fingerprint density at radius 3 is 3.12 bits per heavy atom. The number of hydrogen-bond acceptors (Lipinski definition) is 4. The first-order valence-electron chi connectivity index (χ1n) is 5.37. The number of hydrogen-bond donors (Lipinski definition) is 2. The molecule has 1 unspecified atom stereocenters. The van der Waals surface area contributed by atoms with E-state index in [9.17, 15) is 4.79 Å². The van der Waals surface area contributed by atoms with E-state index >= 15 is 0 Å². The molecule has 1 aliphatic rings. The van der Waals surface area contributed by atoms with Crippen LogP contribution in [0.1, 0.15) is 25.3 Å². The van der Waals surface area contributed by atoms with Crippen molar-refractivity contribution in [2.24, 2.45) is 5.73 Å². The Kier molecular flexibility index (Phi) is 2.78. The number of amides is 1. The molecular formula is C11H15N3O2. The molecule has 2 heterocycles. The molecule has 0 radical (unpaired) electrons. The molecule has 1 amide bonds. The van der Waals surface area contributed by atoms with Crippen LogP contribution < -0.4 is 11.1 Å². The number of nitrogens with one attached hydrogen (secondary N) is 1. The number of pyridine rings is 1. The van der Waals surface area contributed by atoms with Crippen LogP contribution in [0.15, 0.2) is 18.3 Å². The van der Waals surface area contributed by atoms with Crippen molar-refractivity contribution < 1.29 is 9.53 Å². The van der Waals surface area contributed by atoms with Gasteiger partial charge >= 0.3 is 6.09 Å². The van der Waals surface area contributed by atoms with Gasteiger partial charge in [-0.15, -0.1) is 0 Å². The van der Waals surface area contributed by atoms with Gasteiger partial charge in [0.25, 0.3) is 0 Å². The van der Waals surface area contributed by atoms with E-state index in [0.717, 1.165) is 5.56 Å². The Balaban J connectivity index is 2.50. The molecule has 5 heteroatoms. The van der Waals surface area contributed by atoms with Gasteiger partial charge in [0.1, 0.15) is 11.4 Å². The van der Waals surface area contributed by atoms with Gasteiger partial charge < -0.3 is 10.5 Å². The maximum Gasteiger partial charge on any atom is 0.413 e. The van der Waals surface area contributed by atoms with Gasteiger partial charge in [-0.1, -0.05) is 6.92 Å². The number of rotatable bonds is 3. The summed E-state index contributed by atoms with van der Waals surface area (Å²) in [4.78, 5) is 15.6. The Morgan fingerprint density at radius 2 is 2.44 bits per heavy atom.